The molecule has 18 heavy (non-hydrogen) atoms. The topological polar surface area (TPSA) is 55.1 Å². The number of carboxylic acids is 1. The standard InChI is InChI=1S/C12H10ClFN2O2/c13-12-9(5-11(17)18)6-15-16(12)7-8-1-3-10(14)4-2-8/h1-4,6H,5,7H2,(H,17,18). The Balaban J connectivity index is 2.17. The Morgan fingerprint density at radius 3 is 2.67 bits per heavy atom. The zero-order chi connectivity index (χ0) is 13.1. The molecular weight excluding hydrogens is 259 g/mol. The van der Waals surface area contributed by atoms with Gasteiger partial charge in [-0.25, -0.2) is 9.07 Å². The van der Waals surface area contributed by atoms with Crippen LogP contribution < -0.4 is 0 Å². The minimum Gasteiger partial charge on any atom is -0.481 e. The molecule has 0 aliphatic carbocycles. The number of hydrogen-bond acceptors (Lipinski definition) is 2. The van der Waals surface area contributed by atoms with Crippen molar-refractivity contribution in [2.75, 3.05) is 0 Å². The van der Waals surface area contributed by atoms with Gasteiger partial charge in [0.15, 0.2) is 0 Å². The van der Waals surface area contributed by atoms with E-state index in [0.717, 1.165) is 5.56 Å². The highest BCUT2D eigenvalue weighted by atomic mass is 35.5. The molecule has 1 aromatic carbocycles. The summed E-state index contributed by atoms with van der Waals surface area (Å²) in [5.74, 6) is -1.27. The highest BCUT2D eigenvalue weighted by Crippen LogP contribution is 2.17. The lowest BCUT2D eigenvalue weighted by Gasteiger charge is -2.03. The van der Waals surface area contributed by atoms with E-state index in [1.54, 1.807) is 12.1 Å². The average molecular weight is 269 g/mol. The predicted molar refractivity (Wildman–Crippen MR) is 64.1 cm³/mol. The first kappa shape index (κ1) is 12.6. The van der Waals surface area contributed by atoms with Gasteiger partial charge in [0.25, 0.3) is 0 Å². The monoisotopic (exact) mass is 268 g/mol. The number of nitrogens with zero attached hydrogens (tertiary/aromatic N) is 2. The van der Waals surface area contributed by atoms with Crippen LogP contribution in [0.25, 0.3) is 0 Å². The second kappa shape index (κ2) is 5.18. The van der Waals surface area contributed by atoms with Gasteiger partial charge in [0.1, 0.15) is 11.0 Å². The summed E-state index contributed by atoms with van der Waals surface area (Å²) < 4.78 is 14.2. The first-order valence-electron chi connectivity index (χ1n) is 5.22. The quantitative estimate of drug-likeness (QED) is 0.926. The molecule has 1 heterocycles. The Bertz CT molecular complexity index is 566. The van der Waals surface area contributed by atoms with Crippen molar-refractivity contribution in [1.82, 2.24) is 9.78 Å². The van der Waals surface area contributed by atoms with E-state index >= 15 is 0 Å². The number of benzene rings is 1. The van der Waals surface area contributed by atoms with Crippen LogP contribution in [0.1, 0.15) is 11.1 Å². The Kier molecular flexibility index (Phi) is 3.62. The summed E-state index contributed by atoms with van der Waals surface area (Å²) in [5, 5.41) is 13.0. The van der Waals surface area contributed by atoms with Crippen LogP contribution in [0.2, 0.25) is 5.15 Å². The van der Waals surface area contributed by atoms with Crippen LogP contribution in [0, 0.1) is 5.82 Å². The molecule has 4 nitrogen and oxygen atoms in total. The average Bonchev–Trinajstić information content (AvgIpc) is 2.64. The zero-order valence-electron chi connectivity index (χ0n) is 9.31. The zero-order valence-corrected chi connectivity index (χ0v) is 10.1. The first-order chi connectivity index (χ1) is 8.56. The van der Waals surface area contributed by atoms with Crippen LogP contribution in [-0.4, -0.2) is 20.9 Å². The van der Waals surface area contributed by atoms with Gasteiger partial charge in [-0.3, -0.25) is 4.79 Å². The third-order valence-electron chi connectivity index (χ3n) is 2.43. The molecule has 0 radical (unpaired) electrons. The van der Waals surface area contributed by atoms with Crippen molar-refractivity contribution in [3.63, 3.8) is 0 Å². The maximum Gasteiger partial charge on any atom is 0.307 e. The normalized spacial score (nSPS) is 10.6. The van der Waals surface area contributed by atoms with Gasteiger partial charge in [0, 0.05) is 5.56 Å². The number of hydrogen-bond donors (Lipinski definition) is 1. The van der Waals surface area contributed by atoms with Gasteiger partial charge in [0.05, 0.1) is 19.2 Å². The highest BCUT2D eigenvalue weighted by molar-refractivity contribution is 6.30. The molecule has 0 atom stereocenters. The number of carboxylic acid groups (broad SMARTS) is 1. The van der Waals surface area contributed by atoms with Crippen molar-refractivity contribution in [2.45, 2.75) is 13.0 Å². The number of carbonyl (C=O) groups is 1. The van der Waals surface area contributed by atoms with Crippen LogP contribution in [0.4, 0.5) is 4.39 Å². The van der Waals surface area contributed by atoms with Crippen molar-refractivity contribution in [3.8, 4) is 0 Å². The summed E-state index contributed by atoms with van der Waals surface area (Å²) in [6.07, 6.45) is 1.27. The molecule has 2 rings (SSSR count). The molecule has 0 saturated carbocycles. The Morgan fingerprint density at radius 2 is 2.06 bits per heavy atom. The van der Waals surface area contributed by atoms with Gasteiger partial charge in [-0.1, -0.05) is 23.7 Å². The lowest BCUT2D eigenvalue weighted by molar-refractivity contribution is -0.136. The van der Waals surface area contributed by atoms with E-state index in [1.807, 2.05) is 0 Å². The lowest BCUT2D eigenvalue weighted by Crippen LogP contribution is -2.03. The number of aromatic nitrogens is 2. The third kappa shape index (κ3) is 2.87. The highest BCUT2D eigenvalue weighted by Gasteiger charge is 2.11. The number of rotatable bonds is 4. The summed E-state index contributed by atoms with van der Waals surface area (Å²) >= 11 is 6.01. The number of halogens is 2. The minimum absolute atomic E-state index is 0.164. The molecular formula is C12H10ClFN2O2. The largest absolute Gasteiger partial charge is 0.481 e. The minimum atomic E-state index is -0.960. The summed E-state index contributed by atoms with van der Waals surface area (Å²) in [6, 6.07) is 5.96. The molecule has 0 unspecified atom stereocenters. The molecule has 0 saturated heterocycles. The summed E-state index contributed by atoms with van der Waals surface area (Å²) in [6.45, 7) is 0.374. The molecule has 1 N–H and O–H groups in total. The SMILES string of the molecule is O=C(O)Cc1cnn(Cc2ccc(F)cc2)c1Cl. The Hall–Kier alpha value is -1.88. The van der Waals surface area contributed by atoms with Crippen LogP contribution in [-0.2, 0) is 17.8 Å². The summed E-state index contributed by atoms with van der Waals surface area (Å²) in [5.41, 5.74) is 1.30. The molecule has 6 heteroatoms. The van der Waals surface area contributed by atoms with E-state index < -0.39 is 5.97 Å². The van der Waals surface area contributed by atoms with Gasteiger partial charge in [-0.2, -0.15) is 5.10 Å². The first-order valence-corrected chi connectivity index (χ1v) is 5.60. The Labute approximate surface area is 108 Å². The van der Waals surface area contributed by atoms with Crippen LogP contribution >= 0.6 is 11.6 Å². The van der Waals surface area contributed by atoms with Gasteiger partial charge >= 0.3 is 5.97 Å². The fourth-order valence-electron chi connectivity index (χ4n) is 1.56. The summed E-state index contributed by atoms with van der Waals surface area (Å²) in [4.78, 5) is 10.6. The van der Waals surface area contributed by atoms with Crippen molar-refractivity contribution in [3.05, 3.63) is 52.6 Å². The second-order valence-electron chi connectivity index (χ2n) is 3.82. The molecule has 0 aliphatic heterocycles. The predicted octanol–water partition coefficient (Wildman–Crippen LogP) is 2.35. The molecule has 0 spiro atoms. The fraction of sp³-hybridized carbons (Fsp3) is 0.167. The Morgan fingerprint density at radius 1 is 1.39 bits per heavy atom. The van der Waals surface area contributed by atoms with Gasteiger partial charge < -0.3 is 5.11 Å². The van der Waals surface area contributed by atoms with Crippen molar-refractivity contribution < 1.29 is 14.3 Å². The molecule has 0 aliphatic rings. The van der Waals surface area contributed by atoms with Crippen molar-refractivity contribution in [1.29, 1.82) is 0 Å². The fourth-order valence-corrected chi connectivity index (χ4v) is 1.78. The van der Waals surface area contributed by atoms with Gasteiger partial charge in [-0.05, 0) is 17.7 Å². The molecule has 1 aromatic heterocycles. The molecule has 0 amide bonds. The second-order valence-corrected chi connectivity index (χ2v) is 4.17. The smallest absolute Gasteiger partial charge is 0.307 e. The summed E-state index contributed by atoms with van der Waals surface area (Å²) in [7, 11) is 0. The van der Waals surface area contributed by atoms with E-state index in [9.17, 15) is 9.18 Å². The van der Waals surface area contributed by atoms with Gasteiger partial charge in [-0.15, -0.1) is 0 Å². The van der Waals surface area contributed by atoms with Crippen LogP contribution in [0.15, 0.2) is 30.5 Å². The van der Waals surface area contributed by atoms with Crippen molar-refractivity contribution in [2.24, 2.45) is 0 Å². The lowest BCUT2D eigenvalue weighted by atomic mass is 10.2. The van der Waals surface area contributed by atoms with Gasteiger partial charge in [0.2, 0.25) is 0 Å². The molecule has 2 aromatic rings. The van der Waals surface area contributed by atoms with E-state index in [1.165, 1.54) is 23.0 Å². The van der Waals surface area contributed by atoms with E-state index in [-0.39, 0.29) is 12.2 Å². The maximum absolute atomic E-state index is 12.7. The molecule has 0 bridgehead atoms. The van der Waals surface area contributed by atoms with E-state index in [0.29, 0.717) is 17.3 Å². The van der Waals surface area contributed by atoms with Crippen molar-refractivity contribution >= 4 is 17.6 Å². The maximum atomic E-state index is 12.7. The molecule has 0 fully saturated rings. The van der Waals surface area contributed by atoms with Crippen LogP contribution in [0.5, 0.6) is 0 Å². The van der Waals surface area contributed by atoms with E-state index in [2.05, 4.69) is 5.10 Å². The number of aliphatic carboxylic acids is 1. The third-order valence-corrected chi connectivity index (χ3v) is 2.87. The molecule has 94 valence electrons. The van der Waals surface area contributed by atoms with E-state index in [4.69, 9.17) is 16.7 Å². The van der Waals surface area contributed by atoms with Crippen LogP contribution in [0.3, 0.4) is 0 Å².